The van der Waals surface area contributed by atoms with Crippen molar-refractivity contribution in [2.75, 3.05) is 5.32 Å². The quantitative estimate of drug-likeness (QED) is 0.560. The van der Waals surface area contributed by atoms with Gasteiger partial charge in [-0.25, -0.2) is 4.57 Å². The third-order valence-corrected chi connectivity index (χ3v) is 5.52. The van der Waals surface area contributed by atoms with Crippen molar-refractivity contribution < 1.29 is 9.59 Å². The highest BCUT2D eigenvalue weighted by Crippen LogP contribution is 2.52. The Balaban J connectivity index is 1.78. The molecule has 0 spiro atoms. The molecule has 1 fully saturated rings. The van der Waals surface area contributed by atoms with Crippen molar-refractivity contribution >= 4 is 41.6 Å². The molecule has 8 heteroatoms. The number of hydrogen-bond acceptors (Lipinski definition) is 6. The molecule has 1 aliphatic carbocycles. The highest BCUT2D eigenvalue weighted by Gasteiger charge is 2.52. The first-order valence-corrected chi connectivity index (χ1v) is 9.18. The number of rotatable bonds is 8. The topological polar surface area (TPSA) is 89.2 Å². The molecule has 1 N–H and O–H groups in total. The summed E-state index contributed by atoms with van der Waals surface area (Å²) in [4.78, 5) is 28.2. The van der Waals surface area contributed by atoms with Crippen molar-refractivity contribution in [2.24, 2.45) is 4.99 Å². The molecule has 1 heterocycles. The number of hydrogen-bond donors (Lipinski definition) is 1. The summed E-state index contributed by atoms with van der Waals surface area (Å²) in [6.45, 7) is 5.31. The highest BCUT2D eigenvalue weighted by atomic mass is 32.2. The van der Waals surface area contributed by atoms with Gasteiger partial charge in [0.25, 0.3) is 0 Å². The van der Waals surface area contributed by atoms with E-state index in [2.05, 4.69) is 27.1 Å². The van der Waals surface area contributed by atoms with E-state index in [0.717, 1.165) is 24.1 Å². The van der Waals surface area contributed by atoms with Gasteiger partial charge in [0.15, 0.2) is 11.0 Å². The number of anilines is 1. The van der Waals surface area contributed by atoms with Crippen LogP contribution in [0.2, 0.25) is 0 Å². The van der Waals surface area contributed by atoms with Crippen molar-refractivity contribution in [3.63, 3.8) is 0 Å². The molecule has 0 saturated heterocycles. The third-order valence-electron chi connectivity index (χ3n) is 4.07. The van der Waals surface area contributed by atoms with Crippen LogP contribution in [-0.4, -0.2) is 38.0 Å². The van der Waals surface area contributed by atoms with E-state index in [-0.39, 0.29) is 5.91 Å². The number of nitrogens with zero attached hydrogens (tertiary/aromatic N) is 4. The second kappa shape index (κ2) is 8.13. The Morgan fingerprint density at radius 1 is 1.33 bits per heavy atom. The Morgan fingerprint density at radius 2 is 2.07 bits per heavy atom. The summed E-state index contributed by atoms with van der Waals surface area (Å²) < 4.78 is 0.733. The minimum Gasteiger partial charge on any atom is -0.325 e. The van der Waals surface area contributed by atoms with Gasteiger partial charge in [-0.15, -0.1) is 10.2 Å². The average Bonchev–Trinajstić information content (AvgIpc) is 3.35. The number of aliphatic imine (C=N–C) groups is 1. The smallest absolute Gasteiger partial charge is 0.241 e. The minimum atomic E-state index is -0.622. The molecule has 138 valence electrons. The van der Waals surface area contributed by atoms with Crippen molar-refractivity contribution in [3.8, 4) is 0 Å². The summed E-state index contributed by atoms with van der Waals surface area (Å²) in [5, 5.41) is 11.5. The van der Waals surface area contributed by atoms with E-state index >= 15 is 0 Å². The molecule has 1 amide bonds. The van der Waals surface area contributed by atoms with Crippen molar-refractivity contribution in [3.05, 3.63) is 55.0 Å². The zero-order valence-corrected chi connectivity index (χ0v) is 15.6. The zero-order chi connectivity index (χ0) is 19.3. The van der Waals surface area contributed by atoms with E-state index in [4.69, 9.17) is 0 Å². The molecule has 0 unspecified atom stereocenters. The summed E-state index contributed by atoms with van der Waals surface area (Å²) in [5.74, 6) is 0.327. The number of carbonyl (C=O) groups is 2. The molecule has 1 aliphatic rings. The Hall–Kier alpha value is -3.00. The molecular weight excluding hydrogens is 362 g/mol. The van der Waals surface area contributed by atoms with Gasteiger partial charge in [-0.05, 0) is 43.5 Å². The first kappa shape index (κ1) is 18.8. The van der Waals surface area contributed by atoms with Gasteiger partial charge in [-0.2, -0.15) is 0 Å². The van der Waals surface area contributed by atoms with Gasteiger partial charge in [0.2, 0.25) is 12.3 Å². The Labute approximate surface area is 161 Å². The fourth-order valence-corrected chi connectivity index (χ4v) is 3.54. The normalized spacial score (nSPS) is 15.5. The number of amides is 1. The molecule has 0 bridgehead atoms. The number of benzene rings is 1. The SMILES string of the molecule is C=CN=C/C=C(\C)c1nnc(SC2(C(=O)Nc3ccccc3)CC2)n1C=O. The van der Waals surface area contributed by atoms with Crippen LogP contribution in [0.4, 0.5) is 5.69 Å². The van der Waals surface area contributed by atoms with Gasteiger partial charge in [0.1, 0.15) is 4.75 Å². The van der Waals surface area contributed by atoms with Crippen LogP contribution >= 0.6 is 11.8 Å². The fourth-order valence-electron chi connectivity index (χ4n) is 2.43. The van der Waals surface area contributed by atoms with Gasteiger partial charge in [-0.1, -0.05) is 36.5 Å². The van der Waals surface area contributed by atoms with E-state index in [1.54, 1.807) is 12.3 Å². The molecule has 27 heavy (non-hydrogen) atoms. The maximum atomic E-state index is 12.7. The van der Waals surface area contributed by atoms with Crippen LogP contribution in [0.5, 0.6) is 0 Å². The predicted molar refractivity (Wildman–Crippen MR) is 107 cm³/mol. The monoisotopic (exact) mass is 381 g/mol. The van der Waals surface area contributed by atoms with Crippen LogP contribution in [0.15, 0.2) is 59.3 Å². The Kier molecular flexibility index (Phi) is 5.66. The lowest BCUT2D eigenvalue weighted by Gasteiger charge is -2.14. The number of nitrogens with one attached hydrogen (secondary N) is 1. The van der Waals surface area contributed by atoms with Crippen LogP contribution in [0.25, 0.3) is 5.57 Å². The molecule has 3 rings (SSSR count). The minimum absolute atomic E-state index is 0.0916. The molecule has 1 aromatic heterocycles. The van der Waals surface area contributed by atoms with Crippen LogP contribution < -0.4 is 5.32 Å². The lowest BCUT2D eigenvalue weighted by molar-refractivity contribution is -0.116. The predicted octanol–water partition coefficient (Wildman–Crippen LogP) is 3.20. The van der Waals surface area contributed by atoms with Crippen LogP contribution in [0.1, 0.15) is 25.6 Å². The standard InChI is InChI=1S/C19H19N5O2S/c1-3-20-12-9-14(2)16-22-23-18(24(16)13-25)27-19(10-11-19)17(26)21-15-7-5-4-6-8-15/h3-9,12-13H,1,10-11H2,2H3,(H,21,26)/b14-9+,20-12?. The molecule has 1 saturated carbocycles. The van der Waals surface area contributed by atoms with E-state index in [1.165, 1.54) is 22.5 Å². The third kappa shape index (κ3) is 4.22. The lowest BCUT2D eigenvalue weighted by atomic mass is 10.3. The maximum absolute atomic E-state index is 12.7. The summed E-state index contributed by atoms with van der Waals surface area (Å²) >= 11 is 1.27. The molecule has 0 aliphatic heterocycles. The average molecular weight is 381 g/mol. The number of thioether (sulfide) groups is 1. The number of para-hydroxylation sites is 1. The summed E-state index contributed by atoms with van der Waals surface area (Å²) in [6.07, 6.45) is 6.79. The number of carbonyl (C=O) groups excluding carboxylic acids is 2. The van der Waals surface area contributed by atoms with Crippen molar-refractivity contribution in [2.45, 2.75) is 29.7 Å². The zero-order valence-electron chi connectivity index (χ0n) is 14.8. The van der Waals surface area contributed by atoms with Gasteiger partial charge < -0.3 is 5.32 Å². The summed E-state index contributed by atoms with van der Waals surface area (Å²) in [6, 6.07) is 9.29. The van der Waals surface area contributed by atoms with Crippen LogP contribution in [0.3, 0.4) is 0 Å². The second-order valence-corrected chi connectivity index (χ2v) is 7.38. The molecule has 7 nitrogen and oxygen atoms in total. The van der Waals surface area contributed by atoms with E-state index in [0.29, 0.717) is 17.4 Å². The van der Waals surface area contributed by atoms with Crippen LogP contribution in [-0.2, 0) is 9.59 Å². The first-order valence-electron chi connectivity index (χ1n) is 8.37. The largest absolute Gasteiger partial charge is 0.325 e. The Bertz CT molecular complexity index is 913. The van der Waals surface area contributed by atoms with E-state index < -0.39 is 4.75 Å². The molecule has 2 aromatic rings. The van der Waals surface area contributed by atoms with Gasteiger partial charge in [0.05, 0.1) is 0 Å². The van der Waals surface area contributed by atoms with Crippen LogP contribution in [0, 0.1) is 0 Å². The lowest BCUT2D eigenvalue weighted by Crippen LogP contribution is -2.27. The summed E-state index contributed by atoms with van der Waals surface area (Å²) in [7, 11) is 0. The summed E-state index contributed by atoms with van der Waals surface area (Å²) in [5.41, 5.74) is 1.47. The van der Waals surface area contributed by atoms with Crippen molar-refractivity contribution in [1.29, 1.82) is 0 Å². The highest BCUT2D eigenvalue weighted by molar-refractivity contribution is 8.01. The molecule has 1 aromatic carbocycles. The van der Waals surface area contributed by atoms with E-state index in [9.17, 15) is 9.59 Å². The van der Waals surface area contributed by atoms with Gasteiger partial charge in [-0.3, -0.25) is 14.6 Å². The number of aromatic nitrogens is 3. The van der Waals surface area contributed by atoms with E-state index in [1.807, 2.05) is 37.3 Å². The van der Waals surface area contributed by atoms with Crippen molar-refractivity contribution in [1.82, 2.24) is 14.8 Å². The molecular formula is C19H19N5O2S. The fraction of sp³-hybridized carbons (Fsp3) is 0.211. The Morgan fingerprint density at radius 3 is 2.70 bits per heavy atom. The number of allylic oxidation sites excluding steroid dienone is 2. The molecule has 0 atom stereocenters. The molecule has 0 radical (unpaired) electrons. The van der Waals surface area contributed by atoms with Gasteiger partial charge in [0, 0.05) is 18.1 Å². The first-order chi connectivity index (χ1) is 13.1. The maximum Gasteiger partial charge on any atom is 0.241 e. The second-order valence-electron chi connectivity index (χ2n) is 6.03. The van der Waals surface area contributed by atoms with Gasteiger partial charge >= 0.3 is 0 Å².